The van der Waals surface area contributed by atoms with Crippen LogP contribution in [0.3, 0.4) is 0 Å². The number of hydrogen-bond acceptors (Lipinski definition) is 6. The summed E-state index contributed by atoms with van der Waals surface area (Å²) in [5.41, 5.74) is 1.48. The van der Waals surface area contributed by atoms with E-state index in [0.29, 0.717) is 31.1 Å². The molecule has 3 heterocycles. The normalized spacial score (nSPS) is 16.0. The molecule has 0 fully saturated rings. The molecule has 1 aliphatic heterocycles. The second kappa shape index (κ2) is 6.76. The molecule has 2 aromatic heterocycles. The highest BCUT2D eigenvalue weighted by atomic mass is 16.4. The molecule has 8 nitrogen and oxygen atoms in total. The number of aromatic nitrogens is 2. The van der Waals surface area contributed by atoms with Crippen LogP contribution in [0.25, 0.3) is 0 Å². The molecule has 130 valence electrons. The Hall–Kier alpha value is -2.16. The lowest BCUT2D eigenvalue weighted by molar-refractivity contribution is 0.0791. The predicted octanol–water partition coefficient (Wildman–Crippen LogP) is 0.219. The van der Waals surface area contributed by atoms with Crippen molar-refractivity contribution in [1.29, 1.82) is 0 Å². The average molecular weight is 334 g/mol. The zero-order valence-corrected chi connectivity index (χ0v) is 13.8. The van der Waals surface area contributed by atoms with Gasteiger partial charge in [0, 0.05) is 27.2 Å². The highest BCUT2D eigenvalue weighted by molar-refractivity contribution is 5.91. The largest absolute Gasteiger partial charge is 0.455 e. The summed E-state index contributed by atoms with van der Waals surface area (Å²) in [6.45, 7) is 2.43. The average Bonchev–Trinajstić information content (AvgIpc) is 3.19. The Labute approximate surface area is 139 Å². The van der Waals surface area contributed by atoms with Crippen molar-refractivity contribution in [3.05, 3.63) is 41.1 Å². The van der Waals surface area contributed by atoms with E-state index in [1.54, 1.807) is 20.2 Å². The molecule has 0 unspecified atom stereocenters. The quantitative estimate of drug-likeness (QED) is 0.812. The molecule has 24 heavy (non-hydrogen) atoms. The number of carbonyl (C=O) groups excluding carboxylic acids is 1. The van der Waals surface area contributed by atoms with Crippen molar-refractivity contribution >= 4 is 5.91 Å². The number of carbonyl (C=O) groups is 1. The van der Waals surface area contributed by atoms with Crippen LogP contribution in [-0.2, 0) is 19.6 Å². The first-order valence-electron chi connectivity index (χ1n) is 7.86. The van der Waals surface area contributed by atoms with Gasteiger partial charge in [-0.15, -0.1) is 0 Å². The van der Waals surface area contributed by atoms with Crippen LogP contribution in [0.1, 0.15) is 33.8 Å². The third-order valence-corrected chi connectivity index (χ3v) is 4.07. The highest BCUT2D eigenvalue weighted by Gasteiger charge is 2.22. The van der Waals surface area contributed by atoms with Crippen molar-refractivity contribution in [2.75, 3.05) is 27.2 Å². The number of amides is 1. The molecular formula is C16H22N4O4. The summed E-state index contributed by atoms with van der Waals surface area (Å²) in [5, 5.41) is 23.0. The van der Waals surface area contributed by atoms with Crippen molar-refractivity contribution in [3.63, 3.8) is 0 Å². The molecule has 0 radical (unpaired) electrons. The minimum atomic E-state index is -0.943. The van der Waals surface area contributed by atoms with Gasteiger partial charge in [-0.2, -0.15) is 5.10 Å². The van der Waals surface area contributed by atoms with Crippen molar-refractivity contribution in [1.82, 2.24) is 19.6 Å². The van der Waals surface area contributed by atoms with E-state index < -0.39 is 6.10 Å². The van der Waals surface area contributed by atoms with Gasteiger partial charge in [0.05, 0.1) is 31.1 Å². The summed E-state index contributed by atoms with van der Waals surface area (Å²) in [6.07, 6.45) is -0.943. The fourth-order valence-electron chi connectivity index (χ4n) is 2.75. The lowest BCUT2D eigenvalue weighted by Crippen LogP contribution is -2.33. The van der Waals surface area contributed by atoms with Gasteiger partial charge in [-0.05, 0) is 18.2 Å². The van der Waals surface area contributed by atoms with E-state index in [2.05, 4.69) is 10.00 Å². The number of hydrogen-bond donors (Lipinski definition) is 2. The summed E-state index contributed by atoms with van der Waals surface area (Å²) in [4.78, 5) is 15.5. The summed E-state index contributed by atoms with van der Waals surface area (Å²) >= 11 is 0. The van der Waals surface area contributed by atoms with Gasteiger partial charge in [-0.3, -0.25) is 14.4 Å². The predicted molar refractivity (Wildman–Crippen MR) is 85.1 cm³/mol. The van der Waals surface area contributed by atoms with E-state index in [9.17, 15) is 9.90 Å². The van der Waals surface area contributed by atoms with E-state index in [1.807, 2.05) is 16.8 Å². The van der Waals surface area contributed by atoms with Gasteiger partial charge in [0.1, 0.15) is 11.9 Å². The number of aliphatic hydroxyl groups is 2. The Morgan fingerprint density at radius 3 is 2.92 bits per heavy atom. The zero-order valence-electron chi connectivity index (χ0n) is 13.8. The number of nitrogens with zero attached hydrogens (tertiary/aromatic N) is 4. The zero-order chi connectivity index (χ0) is 17.3. The van der Waals surface area contributed by atoms with Crippen molar-refractivity contribution in [2.45, 2.75) is 25.7 Å². The Morgan fingerprint density at radius 2 is 2.21 bits per heavy atom. The number of rotatable bonds is 5. The summed E-state index contributed by atoms with van der Waals surface area (Å²) in [6, 6.07) is 5.33. The van der Waals surface area contributed by atoms with Crippen molar-refractivity contribution in [2.24, 2.45) is 0 Å². The maximum Gasteiger partial charge on any atom is 0.289 e. The van der Waals surface area contributed by atoms with Gasteiger partial charge in [0.15, 0.2) is 5.76 Å². The third kappa shape index (κ3) is 3.35. The van der Waals surface area contributed by atoms with Gasteiger partial charge in [0.25, 0.3) is 5.91 Å². The number of fused-ring (bicyclic) bond motifs is 1. The molecule has 0 aromatic carbocycles. The molecular weight excluding hydrogens is 312 g/mol. The maximum atomic E-state index is 11.9. The molecule has 1 aliphatic rings. The van der Waals surface area contributed by atoms with Crippen LogP contribution in [0.5, 0.6) is 0 Å². The van der Waals surface area contributed by atoms with Gasteiger partial charge < -0.3 is 19.5 Å². The smallest absolute Gasteiger partial charge is 0.289 e. The molecule has 0 spiro atoms. The van der Waals surface area contributed by atoms with Gasteiger partial charge >= 0.3 is 0 Å². The lowest BCUT2D eigenvalue weighted by atomic mass is 10.2. The maximum absolute atomic E-state index is 11.9. The van der Waals surface area contributed by atoms with Gasteiger partial charge in [0.2, 0.25) is 0 Å². The van der Waals surface area contributed by atoms with E-state index in [0.717, 1.165) is 18.0 Å². The second-order valence-electron chi connectivity index (χ2n) is 6.16. The van der Waals surface area contributed by atoms with Crippen LogP contribution >= 0.6 is 0 Å². The summed E-state index contributed by atoms with van der Waals surface area (Å²) in [7, 11) is 3.38. The first-order valence-corrected chi connectivity index (χ1v) is 7.86. The molecule has 3 rings (SSSR count). The topological polar surface area (TPSA) is 95.0 Å². The minimum Gasteiger partial charge on any atom is -0.455 e. The third-order valence-electron chi connectivity index (χ3n) is 4.07. The lowest BCUT2D eigenvalue weighted by Gasteiger charge is -2.26. The number of aliphatic hydroxyl groups excluding tert-OH is 2. The Balaban J connectivity index is 1.66. The van der Waals surface area contributed by atoms with E-state index in [1.165, 1.54) is 4.90 Å². The fourth-order valence-corrected chi connectivity index (χ4v) is 2.75. The molecule has 0 saturated heterocycles. The fraction of sp³-hybridized carbons (Fsp3) is 0.500. The minimum absolute atomic E-state index is 0.152. The monoisotopic (exact) mass is 334 g/mol. The Kier molecular flexibility index (Phi) is 4.70. The Morgan fingerprint density at radius 1 is 1.42 bits per heavy atom. The second-order valence-corrected chi connectivity index (χ2v) is 6.16. The molecule has 0 aliphatic carbocycles. The molecule has 1 amide bonds. The molecule has 2 aromatic rings. The molecule has 0 bridgehead atoms. The number of furan rings is 1. The molecule has 0 saturated carbocycles. The Bertz CT molecular complexity index is 721. The van der Waals surface area contributed by atoms with Crippen LogP contribution in [-0.4, -0.2) is 62.9 Å². The van der Waals surface area contributed by atoms with Crippen LogP contribution in [0.15, 0.2) is 22.6 Å². The van der Waals surface area contributed by atoms with Crippen molar-refractivity contribution < 1.29 is 19.4 Å². The molecule has 1 atom stereocenters. The van der Waals surface area contributed by atoms with Crippen LogP contribution in [0.4, 0.5) is 0 Å². The summed E-state index contributed by atoms with van der Waals surface area (Å²) < 4.78 is 7.48. The van der Waals surface area contributed by atoms with Gasteiger partial charge in [-0.25, -0.2) is 0 Å². The van der Waals surface area contributed by atoms with E-state index >= 15 is 0 Å². The molecule has 8 heteroatoms. The molecule has 2 N–H and O–H groups in total. The van der Waals surface area contributed by atoms with Gasteiger partial charge in [-0.1, -0.05) is 0 Å². The van der Waals surface area contributed by atoms with Crippen LogP contribution < -0.4 is 0 Å². The van der Waals surface area contributed by atoms with Crippen molar-refractivity contribution in [3.8, 4) is 0 Å². The first-order chi connectivity index (χ1) is 11.5. The van der Waals surface area contributed by atoms with E-state index in [-0.39, 0.29) is 12.5 Å². The van der Waals surface area contributed by atoms with E-state index in [4.69, 9.17) is 9.52 Å². The summed E-state index contributed by atoms with van der Waals surface area (Å²) in [5.74, 6) is 0.926. The highest BCUT2D eigenvalue weighted by Crippen LogP contribution is 2.20. The van der Waals surface area contributed by atoms with Crippen LogP contribution in [0, 0.1) is 0 Å². The SMILES string of the molecule is CN(C)C(=O)c1ccc(CN2CCn3nc([C@@H](O)CO)cc3C2)o1. The van der Waals surface area contributed by atoms with Crippen LogP contribution in [0.2, 0.25) is 0 Å². The standard InChI is InChI=1S/C16H22N4O4/c1-18(2)16(23)15-4-3-12(24-15)9-19-5-6-20-11(8-19)7-13(17-20)14(22)10-21/h3-4,7,14,21-22H,5-6,8-10H2,1-2H3/t14-/m0/s1. The first kappa shape index (κ1) is 16.7.